The van der Waals surface area contributed by atoms with Crippen LogP contribution in [0.5, 0.6) is 0 Å². The standard InChI is InChI=1S/C13H13NO3S2/c1-19(16,17)12-6-4-11(5-7-12)18-13-10(9-15)3-2-8-14-13/h2-8,15H,9H2,1H3. The summed E-state index contributed by atoms with van der Waals surface area (Å²) < 4.78 is 22.7. The maximum atomic E-state index is 11.4. The van der Waals surface area contributed by atoms with Gasteiger partial charge in [0, 0.05) is 22.9 Å². The Morgan fingerprint density at radius 2 is 1.89 bits per heavy atom. The normalized spacial score (nSPS) is 11.5. The van der Waals surface area contributed by atoms with E-state index < -0.39 is 9.84 Å². The number of aliphatic hydroxyl groups excluding tert-OH is 1. The molecule has 0 atom stereocenters. The highest BCUT2D eigenvalue weighted by Gasteiger charge is 2.08. The van der Waals surface area contributed by atoms with Crippen LogP contribution in [0, 0.1) is 0 Å². The van der Waals surface area contributed by atoms with Gasteiger partial charge < -0.3 is 5.11 Å². The molecule has 1 aromatic heterocycles. The van der Waals surface area contributed by atoms with Gasteiger partial charge in [-0.1, -0.05) is 17.8 Å². The Labute approximate surface area is 116 Å². The summed E-state index contributed by atoms with van der Waals surface area (Å²) in [6, 6.07) is 10.2. The Morgan fingerprint density at radius 1 is 1.21 bits per heavy atom. The first-order valence-corrected chi connectivity index (χ1v) is 8.24. The lowest BCUT2D eigenvalue weighted by atomic mass is 10.3. The van der Waals surface area contributed by atoms with Crippen LogP contribution in [0.3, 0.4) is 0 Å². The van der Waals surface area contributed by atoms with Crippen LogP contribution >= 0.6 is 11.8 Å². The van der Waals surface area contributed by atoms with Crippen molar-refractivity contribution >= 4 is 21.6 Å². The summed E-state index contributed by atoms with van der Waals surface area (Å²) in [5, 5.41) is 9.93. The van der Waals surface area contributed by atoms with Gasteiger partial charge in [-0.2, -0.15) is 0 Å². The number of benzene rings is 1. The van der Waals surface area contributed by atoms with E-state index in [-0.39, 0.29) is 6.61 Å². The van der Waals surface area contributed by atoms with E-state index in [0.29, 0.717) is 4.90 Å². The molecule has 1 heterocycles. The lowest BCUT2D eigenvalue weighted by molar-refractivity contribution is 0.278. The fourth-order valence-corrected chi connectivity index (χ4v) is 3.01. The number of nitrogens with zero attached hydrogens (tertiary/aromatic N) is 1. The molecule has 2 rings (SSSR count). The predicted molar refractivity (Wildman–Crippen MR) is 73.8 cm³/mol. The second-order valence-corrected chi connectivity index (χ2v) is 7.05. The van der Waals surface area contributed by atoms with Gasteiger partial charge in [0.05, 0.1) is 11.5 Å². The quantitative estimate of drug-likeness (QED) is 0.936. The fraction of sp³-hybridized carbons (Fsp3) is 0.154. The molecule has 1 aromatic carbocycles. The summed E-state index contributed by atoms with van der Waals surface area (Å²) in [4.78, 5) is 5.37. The van der Waals surface area contributed by atoms with E-state index in [2.05, 4.69) is 4.98 Å². The van der Waals surface area contributed by atoms with Crippen LogP contribution in [0.2, 0.25) is 0 Å². The van der Waals surface area contributed by atoms with E-state index in [0.717, 1.165) is 15.5 Å². The smallest absolute Gasteiger partial charge is 0.175 e. The molecule has 0 bridgehead atoms. The third-order valence-electron chi connectivity index (χ3n) is 2.49. The minimum Gasteiger partial charge on any atom is -0.392 e. The van der Waals surface area contributed by atoms with Crippen molar-refractivity contribution in [2.24, 2.45) is 0 Å². The van der Waals surface area contributed by atoms with Gasteiger partial charge in [0.25, 0.3) is 0 Å². The Morgan fingerprint density at radius 3 is 2.47 bits per heavy atom. The van der Waals surface area contributed by atoms with Gasteiger partial charge in [0.1, 0.15) is 5.03 Å². The zero-order valence-corrected chi connectivity index (χ0v) is 11.9. The molecule has 0 aliphatic rings. The average molecular weight is 295 g/mol. The van der Waals surface area contributed by atoms with Crippen LogP contribution in [0.4, 0.5) is 0 Å². The van der Waals surface area contributed by atoms with Crippen LogP contribution in [-0.4, -0.2) is 24.8 Å². The Bertz CT molecular complexity index is 667. The van der Waals surface area contributed by atoms with Crippen molar-refractivity contribution in [3.05, 3.63) is 48.2 Å². The first-order valence-electron chi connectivity index (χ1n) is 5.53. The Kier molecular flexibility index (Phi) is 4.24. The Hall–Kier alpha value is -1.37. The van der Waals surface area contributed by atoms with Crippen LogP contribution in [0.15, 0.2) is 57.4 Å². The summed E-state index contributed by atoms with van der Waals surface area (Å²) >= 11 is 1.39. The zero-order valence-electron chi connectivity index (χ0n) is 10.3. The number of sulfone groups is 1. The molecule has 0 aliphatic carbocycles. The van der Waals surface area contributed by atoms with E-state index in [9.17, 15) is 13.5 Å². The molecule has 19 heavy (non-hydrogen) atoms. The van der Waals surface area contributed by atoms with Crippen LogP contribution in [0.25, 0.3) is 0 Å². The minimum absolute atomic E-state index is 0.0718. The highest BCUT2D eigenvalue weighted by atomic mass is 32.2. The second kappa shape index (κ2) is 5.73. The van der Waals surface area contributed by atoms with E-state index in [1.165, 1.54) is 18.0 Å². The highest BCUT2D eigenvalue weighted by molar-refractivity contribution is 7.99. The van der Waals surface area contributed by atoms with E-state index in [4.69, 9.17) is 0 Å². The maximum Gasteiger partial charge on any atom is 0.175 e. The molecule has 0 spiro atoms. The molecule has 0 radical (unpaired) electrons. The lowest BCUT2D eigenvalue weighted by Gasteiger charge is -2.06. The molecule has 0 fully saturated rings. The van der Waals surface area contributed by atoms with Crippen molar-refractivity contribution in [3.8, 4) is 0 Å². The SMILES string of the molecule is CS(=O)(=O)c1ccc(Sc2ncccc2CO)cc1. The maximum absolute atomic E-state index is 11.4. The number of aromatic nitrogens is 1. The van der Waals surface area contributed by atoms with E-state index in [1.807, 2.05) is 0 Å². The molecule has 6 heteroatoms. The molecule has 4 nitrogen and oxygen atoms in total. The lowest BCUT2D eigenvalue weighted by Crippen LogP contribution is -1.96. The van der Waals surface area contributed by atoms with Gasteiger partial charge in [-0.25, -0.2) is 13.4 Å². The number of pyridine rings is 1. The van der Waals surface area contributed by atoms with Crippen molar-refractivity contribution < 1.29 is 13.5 Å². The zero-order chi connectivity index (χ0) is 13.9. The highest BCUT2D eigenvalue weighted by Crippen LogP contribution is 2.29. The molecule has 2 aromatic rings. The third-order valence-corrected chi connectivity index (χ3v) is 4.68. The first kappa shape index (κ1) is 14.0. The molecule has 0 saturated carbocycles. The first-order chi connectivity index (χ1) is 9.00. The van der Waals surface area contributed by atoms with E-state index >= 15 is 0 Å². The molecule has 0 amide bonds. The third kappa shape index (κ3) is 3.56. The molecule has 0 unspecified atom stereocenters. The largest absolute Gasteiger partial charge is 0.392 e. The summed E-state index contributed by atoms with van der Waals surface area (Å²) in [7, 11) is -3.17. The monoisotopic (exact) mass is 295 g/mol. The van der Waals surface area contributed by atoms with Crippen LogP contribution in [0.1, 0.15) is 5.56 Å². The van der Waals surface area contributed by atoms with Crippen molar-refractivity contribution in [2.75, 3.05) is 6.26 Å². The average Bonchev–Trinajstić information content (AvgIpc) is 2.39. The predicted octanol–water partition coefficient (Wildman–Crippen LogP) is 2.13. The van der Waals surface area contributed by atoms with Crippen molar-refractivity contribution in [1.82, 2.24) is 4.98 Å². The van der Waals surface area contributed by atoms with Crippen molar-refractivity contribution in [1.29, 1.82) is 0 Å². The molecular weight excluding hydrogens is 282 g/mol. The number of aliphatic hydroxyl groups is 1. The number of hydrogen-bond acceptors (Lipinski definition) is 5. The van der Waals surface area contributed by atoms with Gasteiger partial charge in [-0.05, 0) is 30.3 Å². The second-order valence-electron chi connectivity index (χ2n) is 3.97. The topological polar surface area (TPSA) is 67.3 Å². The summed E-state index contributed by atoms with van der Waals surface area (Å²) in [6.45, 7) is -0.0718. The van der Waals surface area contributed by atoms with Gasteiger partial charge in [-0.3, -0.25) is 0 Å². The molecule has 100 valence electrons. The molecule has 0 aliphatic heterocycles. The molecular formula is C13H13NO3S2. The molecule has 0 saturated heterocycles. The number of hydrogen-bond donors (Lipinski definition) is 1. The van der Waals surface area contributed by atoms with Gasteiger partial charge in [0.2, 0.25) is 0 Å². The van der Waals surface area contributed by atoms with Gasteiger partial charge in [0.15, 0.2) is 9.84 Å². The van der Waals surface area contributed by atoms with E-state index in [1.54, 1.807) is 42.6 Å². The van der Waals surface area contributed by atoms with Crippen molar-refractivity contribution in [2.45, 2.75) is 21.4 Å². The number of rotatable bonds is 4. The Balaban J connectivity index is 2.25. The minimum atomic E-state index is -3.17. The molecule has 1 N–H and O–H groups in total. The summed E-state index contributed by atoms with van der Waals surface area (Å²) in [5.74, 6) is 0. The van der Waals surface area contributed by atoms with Crippen LogP contribution < -0.4 is 0 Å². The summed E-state index contributed by atoms with van der Waals surface area (Å²) in [6.07, 6.45) is 2.84. The fourth-order valence-electron chi connectivity index (χ4n) is 1.50. The van der Waals surface area contributed by atoms with Gasteiger partial charge in [-0.15, -0.1) is 0 Å². The summed E-state index contributed by atoms with van der Waals surface area (Å²) in [5.41, 5.74) is 0.750. The van der Waals surface area contributed by atoms with Crippen LogP contribution in [-0.2, 0) is 16.4 Å². The van der Waals surface area contributed by atoms with Gasteiger partial charge >= 0.3 is 0 Å². The van der Waals surface area contributed by atoms with Crippen molar-refractivity contribution in [3.63, 3.8) is 0 Å².